The minimum absolute atomic E-state index is 0.710. The average Bonchev–Trinajstić information content (AvgIpc) is 2.70. The van der Waals surface area contributed by atoms with E-state index in [4.69, 9.17) is 19.9 Å². The third-order valence-electron chi connectivity index (χ3n) is 3.88. The summed E-state index contributed by atoms with van der Waals surface area (Å²) in [5.74, 6) is 1.60. The number of rotatable bonds is 3. The topological polar surface area (TPSA) is 57.0 Å². The Morgan fingerprint density at radius 2 is 1.95 bits per heavy atom. The molecule has 2 aliphatic rings. The highest BCUT2D eigenvalue weighted by Crippen LogP contribution is 2.28. The maximum atomic E-state index is 6.00. The molecule has 0 atom stereocenters. The lowest BCUT2D eigenvalue weighted by Gasteiger charge is -2.21. The Kier molecular flexibility index (Phi) is 4.01. The van der Waals surface area contributed by atoms with Gasteiger partial charge >= 0.3 is 0 Å². The van der Waals surface area contributed by atoms with Gasteiger partial charge < -0.3 is 19.9 Å². The standard InChI is InChI=1S/C16H20N2O3/c1-19-16-9-13-3-5-18(4-2-12(13)8-15(16)17)10-14-11-20-6-7-21-14/h6-9,11H,2-5,10,17H2,1H3. The molecular weight excluding hydrogens is 268 g/mol. The average molecular weight is 288 g/mol. The molecule has 1 aromatic carbocycles. The van der Waals surface area contributed by atoms with Crippen molar-refractivity contribution in [2.24, 2.45) is 0 Å². The first-order valence-electron chi connectivity index (χ1n) is 7.10. The molecule has 0 amide bonds. The summed E-state index contributed by atoms with van der Waals surface area (Å²) in [6, 6.07) is 4.11. The van der Waals surface area contributed by atoms with E-state index in [-0.39, 0.29) is 0 Å². The monoisotopic (exact) mass is 288 g/mol. The quantitative estimate of drug-likeness (QED) is 0.863. The van der Waals surface area contributed by atoms with Crippen LogP contribution in [0.2, 0.25) is 0 Å². The molecule has 0 radical (unpaired) electrons. The van der Waals surface area contributed by atoms with Gasteiger partial charge in [0.05, 0.1) is 19.3 Å². The Labute approximate surface area is 124 Å². The summed E-state index contributed by atoms with van der Waals surface area (Å²) in [6.07, 6.45) is 6.70. The first-order chi connectivity index (χ1) is 10.3. The molecule has 3 rings (SSSR count). The lowest BCUT2D eigenvalue weighted by Crippen LogP contribution is -2.29. The first-order valence-corrected chi connectivity index (χ1v) is 7.10. The molecule has 0 unspecified atom stereocenters. The molecular formula is C16H20N2O3. The zero-order valence-corrected chi connectivity index (χ0v) is 12.2. The van der Waals surface area contributed by atoms with E-state index in [2.05, 4.69) is 11.0 Å². The highest BCUT2D eigenvalue weighted by Gasteiger charge is 2.17. The van der Waals surface area contributed by atoms with E-state index < -0.39 is 0 Å². The van der Waals surface area contributed by atoms with Gasteiger partial charge in [0, 0.05) is 13.1 Å². The van der Waals surface area contributed by atoms with Crippen LogP contribution in [-0.4, -0.2) is 31.6 Å². The van der Waals surface area contributed by atoms with Crippen molar-refractivity contribution in [3.05, 3.63) is 47.8 Å². The molecule has 0 aliphatic carbocycles. The number of nitrogen functional groups attached to an aromatic ring is 1. The van der Waals surface area contributed by atoms with Gasteiger partial charge in [0.15, 0.2) is 5.76 Å². The number of nitrogens with two attached hydrogens (primary N) is 1. The normalized spacial score (nSPS) is 18.0. The van der Waals surface area contributed by atoms with Crippen molar-refractivity contribution in [2.75, 3.05) is 32.5 Å². The Morgan fingerprint density at radius 3 is 2.62 bits per heavy atom. The van der Waals surface area contributed by atoms with Crippen LogP contribution in [0.1, 0.15) is 11.1 Å². The van der Waals surface area contributed by atoms with Gasteiger partial charge in [-0.25, -0.2) is 0 Å². The number of nitrogens with zero attached hydrogens (tertiary/aromatic N) is 1. The van der Waals surface area contributed by atoms with Crippen LogP contribution in [0, 0.1) is 0 Å². The third-order valence-corrected chi connectivity index (χ3v) is 3.88. The van der Waals surface area contributed by atoms with Gasteiger partial charge in [-0.2, -0.15) is 0 Å². The number of ether oxygens (including phenoxy) is 3. The minimum atomic E-state index is 0.710. The lowest BCUT2D eigenvalue weighted by atomic mass is 10.0. The Morgan fingerprint density at radius 1 is 1.19 bits per heavy atom. The number of anilines is 1. The van der Waals surface area contributed by atoms with Gasteiger partial charge in [0.25, 0.3) is 0 Å². The lowest BCUT2D eigenvalue weighted by molar-refractivity contribution is 0.204. The van der Waals surface area contributed by atoms with Crippen molar-refractivity contribution in [3.63, 3.8) is 0 Å². The molecule has 0 saturated heterocycles. The molecule has 0 saturated carbocycles. The Balaban J connectivity index is 1.68. The van der Waals surface area contributed by atoms with E-state index >= 15 is 0 Å². The van der Waals surface area contributed by atoms with Gasteiger partial charge in [-0.05, 0) is 36.1 Å². The predicted octanol–water partition coefficient (Wildman–Crippen LogP) is 2.04. The fraction of sp³-hybridized carbons (Fsp3) is 0.375. The highest BCUT2D eigenvalue weighted by molar-refractivity contribution is 5.57. The van der Waals surface area contributed by atoms with Crippen LogP contribution in [0.15, 0.2) is 36.7 Å². The van der Waals surface area contributed by atoms with E-state index in [1.54, 1.807) is 19.6 Å². The molecule has 5 heteroatoms. The van der Waals surface area contributed by atoms with Crippen molar-refractivity contribution in [1.29, 1.82) is 0 Å². The number of benzene rings is 1. The number of fused-ring (bicyclic) bond motifs is 1. The van der Waals surface area contributed by atoms with E-state index in [1.807, 2.05) is 6.07 Å². The molecule has 5 nitrogen and oxygen atoms in total. The minimum Gasteiger partial charge on any atom is -0.495 e. The second-order valence-electron chi connectivity index (χ2n) is 5.25. The van der Waals surface area contributed by atoms with Crippen molar-refractivity contribution >= 4 is 5.69 Å². The van der Waals surface area contributed by atoms with Crippen LogP contribution in [0.3, 0.4) is 0 Å². The molecule has 2 aliphatic heterocycles. The molecule has 112 valence electrons. The van der Waals surface area contributed by atoms with Crippen LogP contribution >= 0.6 is 0 Å². The zero-order valence-electron chi connectivity index (χ0n) is 12.2. The van der Waals surface area contributed by atoms with Gasteiger partial charge in [-0.15, -0.1) is 0 Å². The van der Waals surface area contributed by atoms with E-state index in [9.17, 15) is 0 Å². The molecule has 21 heavy (non-hydrogen) atoms. The molecule has 0 fully saturated rings. The van der Waals surface area contributed by atoms with Gasteiger partial charge in [-0.3, -0.25) is 4.90 Å². The number of hydrogen-bond donors (Lipinski definition) is 1. The van der Waals surface area contributed by atoms with E-state index in [1.165, 1.54) is 17.4 Å². The summed E-state index contributed by atoms with van der Waals surface area (Å²) in [7, 11) is 1.65. The summed E-state index contributed by atoms with van der Waals surface area (Å²) in [4.78, 5) is 2.36. The van der Waals surface area contributed by atoms with Gasteiger partial charge in [-0.1, -0.05) is 0 Å². The summed E-state index contributed by atoms with van der Waals surface area (Å²) < 4.78 is 15.9. The zero-order chi connectivity index (χ0) is 14.7. The maximum Gasteiger partial charge on any atom is 0.152 e. The fourth-order valence-corrected chi connectivity index (χ4v) is 2.74. The van der Waals surface area contributed by atoms with E-state index in [0.29, 0.717) is 5.69 Å². The number of methoxy groups -OCH3 is 1. The van der Waals surface area contributed by atoms with Crippen LogP contribution in [0.4, 0.5) is 5.69 Å². The van der Waals surface area contributed by atoms with Crippen molar-refractivity contribution in [1.82, 2.24) is 4.90 Å². The summed E-state index contributed by atoms with van der Waals surface area (Å²) in [6.45, 7) is 2.71. The van der Waals surface area contributed by atoms with Gasteiger partial charge in [0.1, 0.15) is 24.5 Å². The SMILES string of the molecule is COc1cc2c(cc1N)CCN(CC1=COC=CO1)CC2. The number of hydrogen-bond acceptors (Lipinski definition) is 5. The second-order valence-corrected chi connectivity index (χ2v) is 5.25. The van der Waals surface area contributed by atoms with E-state index in [0.717, 1.165) is 44.0 Å². The predicted molar refractivity (Wildman–Crippen MR) is 80.6 cm³/mol. The van der Waals surface area contributed by atoms with Crippen LogP contribution in [-0.2, 0) is 22.3 Å². The summed E-state index contributed by atoms with van der Waals surface area (Å²) in [5, 5.41) is 0. The Hall–Kier alpha value is -2.14. The molecule has 0 bridgehead atoms. The Bertz CT molecular complexity index is 581. The van der Waals surface area contributed by atoms with Gasteiger partial charge in [0.2, 0.25) is 0 Å². The van der Waals surface area contributed by atoms with Crippen molar-refractivity contribution in [3.8, 4) is 5.75 Å². The molecule has 0 spiro atoms. The molecule has 0 aromatic heterocycles. The highest BCUT2D eigenvalue weighted by atomic mass is 16.5. The van der Waals surface area contributed by atoms with Crippen molar-refractivity contribution < 1.29 is 14.2 Å². The second kappa shape index (κ2) is 6.10. The molecule has 2 heterocycles. The molecule has 2 N–H and O–H groups in total. The maximum absolute atomic E-state index is 6.00. The largest absolute Gasteiger partial charge is 0.495 e. The third kappa shape index (κ3) is 3.13. The first kappa shape index (κ1) is 13.8. The summed E-state index contributed by atoms with van der Waals surface area (Å²) >= 11 is 0. The summed E-state index contributed by atoms with van der Waals surface area (Å²) in [5.41, 5.74) is 9.34. The fourth-order valence-electron chi connectivity index (χ4n) is 2.74. The molecule has 1 aromatic rings. The van der Waals surface area contributed by atoms with Crippen LogP contribution < -0.4 is 10.5 Å². The van der Waals surface area contributed by atoms with Crippen LogP contribution in [0.25, 0.3) is 0 Å². The smallest absolute Gasteiger partial charge is 0.152 e. The van der Waals surface area contributed by atoms with Crippen molar-refractivity contribution in [2.45, 2.75) is 12.8 Å². The van der Waals surface area contributed by atoms with Crippen LogP contribution in [0.5, 0.6) is 5.75 Å².